The van der Waals surface area contributed by atoms with Crippen LogP contribution in [0.3, 0.4) is 0 Å². The quantitative estimate of drug-likeness (QED) is 0.395. The van der Waals surface area contributed by atoms with Gasteiger partial charge in [0.15, 0.2) is 0 Å². The lowest BCUT2D eigenvalue weighted by molar-refractivity contribution is -0.380. The molecule has 0 unspecified atom stereocenters. The number of benzene rings is 1. The average Bonchev–Trinajstić information content (AvgIpc) is 3.55. The number of fused-ring (bicyclic) bond motifs is 1. The molecule has 4 heterocycles. The summed E-state index contributed by atoms with van der Waals surface area (Å²) >= 11 is 1.18. The normalized spacial score (nSPS) is 17.7. The van der Waals surface area contributed by atoms with Crippen molar-refractivity contribution < 1.29 is 14.5 Å². The summed E-state index contributed by atoms with van der Waals surface area (Å²) in [5.74, 6) is 0. The second-order valence-electron chi connectivity index (χ2n) is 8.97. The van der Waals surface area contributed by atoms with E-state index in [1.807, 2.05) is 11.6 Å². The van der Waals surface area contributed by atoms with Crippen molar-refractivity contribution >= 4 is 39.0 Å². The van der Waals surface area contributed by atoms with Crippen LogP contribution in [0, 0.1) is 10.1 Å². The number of hydrogen-bond acceptors (Lipinski definition) is 8. The molecule has 2 fully saturated rings. The fourth-order valence-corrected chi connectivity index (χ4v) is 5.52. The number of aromatic amines is 1. The van der Waals surface area contributed by atoms with E-state index in [1.165, 1.54) is 22.4 Å². The third kappa shape index (κ3) is 5.58. The van der Waals surface area contributed by atoms with Gasteiger partial charge in [0.2, 0.25) is 0 Å². The largest absolute Gasteiger partial charge is 0.448 e. The summed E-state index contributed by atoms with van der Waals surface area (Å²) in [6, 6.07) is 10.0. The second-order valence-corrected chi connectivity index (χ2v) is 9.86. The lowest BCUT2D eigenvalue weighted by atomic mass is 10.2. The number of nitrogens with zero attached hydrogens (tertiary/aromatic N) is 5. The second kappa shape index (κ2) is 10.6. The summed E-state index contributed by atoms with van der Waals surface area (Å²) in [4.78, 5) is 35.1. The maximum absolute atomic E-state index is 12.6. The number of carbonyl (C=O) groups is 1. The molecule has 5 rings (SSSR count). The van der Waals surface area contributed by atoms with Crippen LogP contribution in [0.4, 0.5) is 15.5 Å². The molecule has 1 aromatic carbocycles. The monoisotopic (exact) mass is 498 g/mol. The first-order valence-corrected chi connectivity index (χ1v) is 12.8. The number of amides is 1. The molecule has 0 radical (unpaired) electrons. The molecule has 2 saturated heterocycles. The van der Waals surface area contributed by atoms with E-state index in [0.29, 0.717) is 19.7 Å². The van der Waals surface area contributed by atoms with Crippen LogP contribution in [0.2, 0.25) is 0 Å². The van der Waals surface area contributed by atoms with Crippen molar-refractivity contribution in [2.24, 2.45) is 0 Å². The van der Waals surface area contributed by atoms with E-state index in [1.54, 1.807) is 11.0 Å². The molecule has 0 bridgehead atoms. The topological polar surface area (TPSA) is 98.2 Å². The Morgan fingerprint density at radius 2 is 1.83 bits per heavy atom. The summed E-state index contributed by atoms with van der Waals surface area (Å²) in [5, 5.41) is 14.1. The predicted octanol–water partition coefficient (Wildman–Crippen LogP) is 3.21. The molecule has 0 spiro atoms. The Labute approximate surface area is 207 Å². The number of anilines is 1. The van der Waals surface area contributed by atoms with Crippen molar-refractivity contribution in [3.63, 3.8) is 0 Å². The maximum atomic E-state index is 12.6. The van der Waals surface area contributed by atoms with Gasteiger partial charge in [0.25, 0.3) is 0 Å². The van der Waals surface area contributed by atoms with Crippen LogP contribution in [0.5, 0.6) is 0 Å². The van der Waals surface area contributed by atoms with E-state index in [2.05, 4.69) is 43.9 Å². The van der Waals surface area contributed by atoms with Gasteiger partial charge >= 0.3 is 11.1 Å². The first-order chi connectivity index (χ1) is 17.1. The van der Waals surface area contributed by atoms with Gasteiger partial charge in [-0.25, -0.2) is 4.79 Å². The summed E-state index contributed by atoms with van der Waals surface area (Å²) in [6.07, 6.45) is 1.72. The highest BCUT2D eigenvalue weighted by Gasteiger charge is 2.24. The Hall–Kier alpha value is -3.15. The molecule has 0 saturated carbocycles. The Morgan fingerprint density at radius 3 is 2.57 bits per heavy atom. The molecule has 0 aliphatic carbocycles. The van der Waals surface area contributed by atoms with Crippen LogP contribution in [-0.4, -0.2) is 96.2 Å². The number of nitrogens with one attached hydrogen (secondary N) is 1. The van der Waals surface area contributed by atoms with Crippen LogP contribution >= 0.6 is 11.3 Å². The molecule has 0 atom stereocenters. The minimum absolute atomic E-state index is 0.194. The predicted molar refractivity (Wildman–Crippen MR) is 136 cm³/mol. The number of piperazine rings is 2. The average molecular weight is 499 g/mol. The zero-order valence-corrected chi connectivity index (χ0v) is 20.4. The Bertz CT molecular complexity index is 1160. The van der Waals surface area contributed by atoms with Crippen LogP contribution in [0.15, 0.2) is 41.9 Å². The van der Waals surface area contributed by atoms with E-state index >= 15 is 0 Å². The first kappa shape index (κ1) is 23.6. The summed E-state index contributed by atoms with van der Waals surface area (Å²) in [5.41, 5.74) is 3.32. The molecule has 35 heavy (non-hydrogen) atoms. The van der Waals surface area contributed by atoms with Gasteiger partial charge in [-0.05, 0) is 23.8 Å². The Kier molecular flexibility index (Phi) is 7.16. The number of H-pyrrole nitrogens is 1. The van der Waals surface area contributed by atoms with Gasteiger partial charge in [0, 0.05) is 99.7 Å². The van der Waals surface area contributed by atoms with Gasteiger partial charge in [0.1, 0.15) is 6.61 Å². The van der Waals surface area contributed by atoms with Crippen molar-refractivity contribution in [3.05, 3.63) is 57.6 Å². The molecule has 1 N–H and O–H groups in total. The highest BCUT2D eigenvalue weighted by molar-refractivity contribution is 7.13. The van der Waals surface area contributed by atoms with E-state index in [9.17, 15) is 14.9 Å². The van der Waals surface area contributed by atoms with E-state index in [4.69, 9.17) is 4.74 Å². The van der Waals surface area contributed by atoms with Gasteiger partial charge < -0.3 is 19.5 Å². The summed E-state index contributed by atoms with van der Waals surface area (Å²) < 4.78 is 5.58. The van der Waals surface area contributed by atoms with Crippen LogP contribution in [0.25, 0.3) is 10.9 Å². The van der Waals surface area contributed by atoms with E-state index in [0.717, 1.165) is 63.4 Å². The van der Waals surface area contributed by atoms with Crippen molar-refractivity contribution in [2.45, 2.75) is 6.54 Å². The van der Waals surface area contributed by atoms with Gasteiger partial charge in [-0.1, -0.05) is 17.4 Å². The lowest BCUT2D eigenvalue weighted by Gasteiger charge is -2.36. The third-order valence-electron chi connectivity index (χ3n) is 6.77. The first-order valence-electron chi connectivity index (χ1n) is 12.0. The molecular weight excluding hydrogens is 468 g/mol. The molecule has 1 amide bonds. The number of aromatic nitrogens is 1. The highest BCUT2D eigenvalue weighted by Crippen LogP contribution is 2.27. The van der Waals surface area contributed by atoms with Crippen molar-refractivity contribution in [1.29, 1.82) is 0 Å². The molecular formula is C24H30N6O4S. The smallest absolute Gasteiger partial charge is 0.409 e. The zero-order chi connectivity index (χ0) is 24.2. The minimum atomic E-state index is -0.336. The summed E-state index contributed by atoms with van der Waals surface area (Å²) in [6.45, 7) is 8.30. The fraction of sp³-hybridized carbons (Fsp3) is 0.458. The van der Waals surface area contributed by atoms with Gasteiger partial charge in [-0.2, -0.15) is 0 Å². The number of ether oxygens (including phenoxy) is 1. The number of rotatable bonds is 7. The van der Waals surface area contributed by atoms with Crippen molar-refractivity contribution in [3.8, 4) is 0 Å². The summed E-state index contributed by atoms with van der Waals surface area (Å²) in [7, 11) is 0. The highest BCUT2D eigenvalue weighted by atomic mass is 32.1. The molecule has 10 nitrogen and oxygen atoms in total. The maximum Gasteiger partial charge on any atom is 0.409 e. The van der Waals surface area contributed by atoms with Crippen LogP contribution < -0.4 is 4.90 Å². The molecule has 2 aromatic heterocycles. The van der Waals surface area contributed by atoms with Crippen LogP contribution in [0.1, 0.15) is 5.56 Å². The molecule has 2 aliphatic rings. The van der Waals surface area contributed by atoms with Crippen LogP contribution in [-0.2, 0) is 11.3 Å². The van der Waals surface area contributed by atoms with Gasteiger partial charge in [-0.3, -0.25) is 19.9 Å². The minimum Gasteiger partial charge on any atom is -0.448 e. The third-order valence-corrected chi connectivity index (χ3v) is 7.70. The molecule has 186 valence electrons. The van der Waals surface area contributed by atoms with Gasteiger partial charge in [0.05, 0.1) is 4.92 Å². The van der Waals surface area contributed by atoms with Crippen molar-refractivity contribution in [1.82, 2.24) is 19.7 Å². The van der Waals surface area contributed by atoms with Crippen molar-refractivity contribution in [2.75, 3.05) is 70.4 Å². The standard InChI is InChI=1S/C24H30N6O4S/c31-24(29-12-10-28(11-13-29)22-3-1-2-21-20(22)4-5-25-21)34-15-14-26-6-8-27(9-7-26)17-19-16-23(30(32)33)35-18-19/h1-5,16,18,25H,6-15,17H2. The number of hydrogen-bond donors (Lipinski definition) is 1. The molecule has 2 aliphatic heterocycles. The zero-order valence-electron chi connectivity index (χ0n) is 19.6. The SMILES string of the molecule is O=C(OCCN1CCN(Cc2csc([N+](=O)[O-])c2)CC1)N1CCN(c2cccc3[nH]ccc23)CC1. The molecule has 3 aromatic rings. The molecule has 11 heteroatoms. The Balaban J connectivity index is 1.000. The fourth-order valence-electron chi connectivity index (χ4n) is 4.80. The number of nitro groups is 1. The Morgan fingerprint density at radius 1 is 1.06 bits per heavy atom. The van der Waals surface area contributed by atoms with E-state index in [-0.39, 0.29) is 16.0 Å². The number of thiophene rings is 1. The number of carbonyl (C=O) groups excluding carboxylic acids is 1. The van der Waals surface area contributed by atoms with Gasteiger partial charge in [-0.15, -0.1) is 0 Å². The van der Waals surface area contributed by atoms with E-state index < -0.39 is 0 Å². The lowest BCUT2D eigenvalue weighted by Crippen LogP contribution is -2.50.